The van der Waals surface area contributed by atoms with E-state index in [1.54, 1.807) is 46.6 Å². The zero-order valence-corrected chi connectivity index (χ0v) is 23.2. The van der Waals surface area contributed by atoms with Crippen molar-refractivity contribution in [3.05, 3.63) is 76.7 Å². The number of nitrogens with one attached hydrogen (secondary N) is 2. The molecule has 5 N–H and O–H groups in total. The third-order valence-electron chi connectivity index (χ3n) is 6.52. The molecule has 13 nitrogen and oxygen atoms in total. The maximum absolute atomic E-state index is 13.3. The van der Waals surface area contributed by atoms with Crippen LogP contribution < -0.4 is 26.9 Å². The number of hydrogen-bond donors (Lipinski definition) is 4. The van der Waals surface area contributed by atoms with Gasteiger partial charge in [-0.05, 0) is 50.2 Å². The number of carbonyl (C=O) groups excluding carboxylic acids is 3. The second-order valence-electron chi connectivity index (χ2n) is 9.17. The fourth-order valence-corrected chi connectivity index (χ4v) is 4.54. The highest BCUT2D eigenvalue weighted by atomic mass is 16.5. The summed E-state index contributed by atoms with van der Waals surface area (Å²) in [5, 5.41) is 16.9. The average molecular weight is 561 g/mol. The molecule has 0 radical (unpaired) electrons. The Morgan fingerprint density at radius 3 is 2.61 bits per heavy atom. The lowest BCUT2D eigenvalue weighted by Gasteiger charge is -2.10. The van der Waals surface area contributed by atoms with E-state index in [9.17, 15) is 19.6 Å². The van der Waals surface area contributed by atoms with Crippen molar-refractivity contribution in [2.75, 3.05) is 24.5 Å². The molecule has 0 atom stereocenters. The molecule has 13 heteroatoms. The van der Waals surface area contributed by atoms with Crippen molar-refractivity contribution in [3.8, 4) is 5.75 Å². The van der Waals surface area contributed by atoms with E-state index in [0.29, 0.717) is 70.4 Å². The molecule has 0 unspecified atom stereocenters. The van der Waals surface area contributed by atoms with Crippen LogP contribution in [0.5, 0.6) is 5.75 Å². The number of carbonyl (C=O) groups is 3. The minimum absolute atomic E-state index is 0.254. The predicted molar refractivity (Wildman–Crippen MR) is 153 cm³/mol. The van der Waals surface area contributed by atoms with Crippen molar-refractivity contribution in [2.45, 2.75) is 26.9 Å². The zero-order chi connectivity index (χ0) is 29.7. The van der Waals surface area contributed by atoms with Crippen LogP contribution in [0.4, 0.5) is 11.4 Å². The number of ether oxygens (including phenoxy) is 1. The Morgan fingerprint density at radius 2 is 1.95 bits per heavy atom. The Balaban J connectivity index is 1.71. The van der Waals surface area contributed by atoms with Crippen molar-refractivity contribution in [1.29, 1.82) is 0 Å². The van der Waals surface area contributed by atoms with Crippen LogP contribution in [-0.2, 0) is 20.1 Å². The minimum atomic E-state index is -0.607. The standard InChI is InChI=1S/C28H32N8O5/c1-5-36-23(12-17(2)32-36)27(39)31-28-34(3)22-13-18(16-37)14-24(41-4)25(22)35(28)11-7-6-10-30-20-9-8-19(26(29)38)15-21(20)33-40/h6-9,12-16,30,33,40H,5,10-11H2,1-4H3,(H2,29,38)/b7-6+,31-28+. The number of nitrogens with zero attached hydrogens (tertiary/aromatic N) is 5. The number of anilines is 2. The van der Waals surface area contributed by atoms with Gasteiger partial charge in [0.1, 0.15) is 23.2 Å². The number of rotatable bonds is 11. The Labute approximate surface area is 235 Å². The fourth-order valence-electron chi connectivity index (χ4n) is 4.54. The van der Waals surface area contributed by atoms with Crippen LogP contribution in [0, 0.1) is 6.92 Å². The van der Waals surface area contributed by atoms with Crippen LogP contribution in [0.25, 0.3) is 11.0 Å². The lowest BCUT2D eigenvalue weighted by Crippen LogP contribution is -2.26. The van der Waals surface area contributed by atoms with Gasteiger partial charge in [0.05, 0.1) is 29.7 Å². The van der Waals surface area contributed by atoms with Crippen LogP contribution >= 0.6 is 0 Å². The molecular weight excluding hydrogens is 528 g/mol. The summed E-state index contributed by atoms with van der Waals surface area (Å²) in [7, 11) is 3.28. The smallest absolute Gasteiger partial charge is 0.298 e. The molecule has 0 fully saturated rings. The van der Waals surface area contributed by atoms with Gasteiger partial charge in [0, 0.05) is 37.8 Å². The molecule has 0 saturated heterocycles. The van der Waals surface area contributed by atoms with E-state index in [4.69, 9.17) is 10.5 Å². The van der Waals surface area contributed by atoms with Crippen molar-refractivity contribution >= 4 is 40.5 Å². The molecule has 2 aromatic heterocycles. The number of fused-ring (bicyclic) bond motifs is 1. The first kappa shape index (κ1) is 28.8. The number of amides is 2. The van der Waals surface area contributed by atoms with Crippen LogP contribution in [0.2, 0.25) is 0 Å². The van der Waals surface area contributed by atoms with E-state index in [2.05, 4.69) is 20.9 Å². The molecule has 0 aliphatic rings. The SMILES string of the molecule is CCn1nc(C)cc1C(=O)/N=c1\n(C)c2cc(C=O)cc(OC)c2n1C/C=C/CNc1ccc(C(N)=O)cc1NO. The maximum Gasteiger partial charge on any atom is 0.298 e. The number of aryl methyl sites for hydroxylation is 3. The molecule has 0 spiro atoms. The Hall–Kier alpha value is -5.17. The van der Waals surface area contributed by atoms with Gasteiger partial charge in [-0.15, -0.1) is 0 Å². The lowest BCUT2D eigenvalue weighted by atomic mass is 10.1. The van der Waals surface area contributed by atoms with Crippen LogP contribution in [0.1, 0.15) is 43.8 Å². The van der Waals surface area contributed by atoms with Gasteiger partial charge in [-0.2, -0.15) is 10.1 Å². The van der Waals surface area contributed by atoms with Crippen LogP contribution in [0.15, 0.2) is 53.5 Å². The predicted octanol–water partition coefficient (Wildman–Crippen LogP) is 2.64. The third-order valence-corrected chi connectivity index (χ3v) is 6.52. The van der Waals surface area contributed by atoms with Crippen molar-refractivity contribution in [1.82, 2.24) is 18.9 Å². The maximum atomic E-state index is 13.3. The van der Waals surface area contributed by atoms with Crippen LogP contribution in [-0.4, -0.2) is 55.9 Å². The summed E-state index contributed by atoms with van der Waals surface area (Å²) in [6.07, 6.45) is 4.48. The first-order valence-corrected chi connectivity index (χ1v) is 12.8. The van der Waals surface area contributed by atoms with E-state index in [1.807, 2.05) is 30.6 Å². The molecule has 2 aromatic carbocycles. The number of aromatic nitrogens is 4. The molecule has 0 aliphatic carbocycles. The molecule has 0 saturated carbocycles. The van der Waals surface area contributed by atoms with Gasteiger partial charge in [0.2, 0.25) is 11.5 Å². The van der Waals surface area contributed by atoms with Gasteiger partial charge in [-0.25, -0.2) is 0 Å². The normalized spacial score (nSPS) is 11.8. The highest BCUT2D eigenvalue weighted by Crippen LogP contribution is 2.27. The molecule has 2 amide bonds. The number of imidazole rings is 1. The highest BCUT2D eigenvalue weighted by molar-refractivity contribution is 5.95. The van der Waals surface area contributed by atoms with Crippen molar-refractivity contribution < 1.29 is 24.3 Å². The molecule has 214 valence electrons. The van der Waals surface area contributed by atoms with Crippen molar-refractivity contribution in [3.63, 3.8) is 0 Å². The van der Waals surface area contributed by atoms with Gasteiger partial charge in [-0.1, -0.05) is 12.2 Å². The summed E-state index contributed by atoms with van der Waals surface area (Å²) in [5.41, 5.74) is 11.7. The Morgan fingerprint density at radius 1 is 1.17 bits per heavy atom. The van der Waals surface area contributed by atoms with E-state index >= 15 is 0 Å². The Kier molecular flexibility index (Phi) is 8.68. The quantitative estimate of drug-likeness (QED) is 0.123. The molecule has 0 bridgehead atoms. The van der Waals surface area contributed by atoms with Crippen LogP contribution in [0.3, 0.4) is 0 Å². The summed E-state index contributed by atoms with van der Waals surface area (Å²) in [4.78, 5) is 40.8. The van der Waals surface area contributed by atoms with E-state index < -0.39 is 11.8 Å². The summed E-state index contributed by atoms with van der Waals surface area (Å²) < 4.78 is 10.8. The van der Waals surface area contributed by atoms with Gasteiger partial charge in [-0.3, -0.25) is 29.8 Å². The fraction of sp³-hybridized carbons (Fsp3) is 0.250. The zero-order valence-electron chi connectivity index (χ0n) is 23.2. The third kappa shape index (κ3) is 5.89. The molecule has 4 rings (SSSR count). The topological polar surface area (TPSA) is 171 Å². The highest BCUT2D eigenvalue weighted by Gasteiger charge is 2.18. The summed E-state index contributed by atoms with van der Waals surface area (Å²) in [5.74, 6) is -0.594. The second-order valence-corrected chi connectivity index (χ2v) is 9.17. The molecule has 4 aromatic rings. The monoisotopic (exact) mass is 560 g/mol. The number of primary amides is 1. The van der Waals surface area contributed by atoms with E-state index in [0.717, 1.165) is 6.29 Å². The number of nitrogens with two attached hydrogens (primary N) is 1. The van der Waals surface area contributed by atoms with Crippen molar-refractivity contribution in [2.24, 2.45) is 17.8 Å². The minimum Gasteiger partial charge on any atom is -0.494 e. The average Bonchev–Trinajstić information content (AvgIpc) is 3.49. The largest absolute Gasteiger partial charge is 0.494 e. The van der Waals surface area contributed by atoms with Gasteiger partial charge in [0.15, 0.2) is 0 Å². The summed E-state index contributed by atoms with van der Waals surface area (Å²) in [6.45, 7) is 4.93. The first-order valence-electron chi connectivity index (χ1n) is 12.8. The summed E-state index contributed by atoms with van der Waals surface area (Å²) >= 11 is 0. The van der Waals surface area contributed by atoms with E-state index in [1.165, 1.54) is 13.2 Å². The first-order chi connectivity index (χ1) is 19.7. The lowest BCUT2D eigenvalue weighted by molar-refractivity contribution is 0.0982. The number of hydrogen-bond acceptors (Lipinski definition) is 8. The molecule has 0 aliphatic heterocycles. The van der Waals surface area contributed by atoms with Gasteiger partial charge < -0.3 is 24.9 Å². The number of methoxy groups -OCH3 is 1. The van der Waals surface area contributed by atoms with E-state index in [-0.39, 0.29) is 5.56 Å². The molecular formula is C28H32N8O5. The number of allylic oxidation sites excluding steroid dienone is 1. The number of benzene rings is 2. The molecule has 2 heterocycles. The Bertz CT molecular complexity index is 1730. The molecule has 41 heavy (non-hydrogen) atoms. The van der Waals surface area contributed by atoms with Gasteiger partial charge >= 0.3 is 0 Å². The second kappa shape index (κ2) is 12.3. The number of aldehydes is 1. The van der Waals surface area contributed by atoms with Gasteiger partial charge in [0.25, 0.3) is 5.91 Å². The summed E-state index contributed by atoms with van der Waals surface area (Å²) in [6, 6.07) is 9.68.